The number of pyridine rings is 1. The fourth-order valence-corrected chi connectivity index (χ4v) is 6.08. The zero-order chi connectivity index (χ0) is 26.1. The summed E-state index contributed by atoms with van der Waals surface area (Å²) in [5, 5.41) is 4.33. The van der Waals surface area contributed by atoms with Crippen LogP contribution >= 0.6 is 12.2 Å². The number of nitrogens with one attached hydrogen (secondary N) is 1. The molecule has 194 valence electrons. The molecule has 2 aliphatic rings. The van der Waals surface area contributed by atoms with Crippen LogP contribution in [0.4, 0.5) is 11.4 Å². The number of hydrogen-bond acceptors (Lipinski definition) is 4. The third kappa shape index (κ3) is 4.68. The van der Waals surface area contributed by atoms with Crippen molar-refractivity contribution in [3.8, 4) is 0 Å². The summed E-state index contributed by atoms with van der Waals surface area (Å²) < 4.78 is 7.94. The Morgan fingerprint density at radius 3 is 2.34 bits per heavy atom. The number of hydrogen-bond donors (Lipinski definition) is 1. The summed E-state index contributed by atoms with van der Waals surface area (Å²) in [6.45, 7) is 8.63. The predicted molar refractivity (Wildman–Crippen MR) is 157 cm³/mol. The van der Waals surface area contributed by atoms with Crippen LogP contribution < -0.4 is 15.1 Å². The van der Waals surface area contributed by atoms with Gasteiger partial charge in [-0.25, -0.2) is 0 Å². The van der Waals surface area contributed by atoms with E-state index >= 15 is 0 Å². The molecule has 1 N–H and O–H groups in total. The molecule has 0 aliphatic carbocycles. The Morgan fingerprint density at radius 1 is 0.921 bits per heavy atom. The molecule has 2 aliphatic heterocycles. The van der Waals surface area contributed by atoms with Gasteiger partial charge in [-0.1, -0.05) is 36.4 Å². The van der Waals surface area contributed by atoms with Gasteiger partial charge in [0.1, 0.15) is 0 Å². The number of benzene rings is 2. The molecule has 0 bridgehead atoms. The third-order valence-electron chi connectivity index (χ3n) is 7.72. The van der Waals surface area contributed by atoms with Gasteiger partial charge in [0.05, 0.1) is 31.0 Å². The van der Waals surface area contributed by atoms with E-state index in [0.717, 1.165) is 49.3 Å². The second-order valence-electron chi connectivity index (χ2n) is 10.0. The molecule has 0 radical (unpaired) electrons. The van der Waals surface area contributed by atoms with Crippen LogP contribution in [0.25, 0.3) is 0 Å². The fourth-order valence-electron chi connectivity index (χ4n) is 5.73. The molecule has 2 unspecified atom stereocenters. The molecule has 2 atom stereocenters. The summed E-state index contributed by atoms with van der Waals surface area (Å²) in [5.41, 5.74) is 8.32. The summed E-state index contributed by atoms with van der Waals surface area (Å²) >= 11 is 5.98. The van der Waals surface area contributed by atoms with E-state index in [2.05, 4.69) is 100 Å². The number of anilines is 2. The molecule has 4 heterocycles. The second-order valence-corrected chi connectivity index (χ2v) is 10.4. The van der Waals surface area contributed by atoms with E-state index in [1.54, 1.807) is 0 Å². The van der Waals surface area contributed by atoms with E-state index in [-0.39, 0.29) is 12.1 Å². The molecular formula is C31H33N5OS. The number of aryl methyl sites for hydroxylation is 1. The van der Waals surface area contributed by atoms with Crippen molar-refractivity contribution in [2.45, 2.75) is 32.5 Å². The van der Waals surface area contributed by atoms with E-state index in [4.69, 9.17) is 21.9 Å². The maximum absolute atomic E-state index is 5.98. The molecule has 0 saturated carbocycles. The van der Waals surface area contributed by atoms with Gasteiger partial charge in [-0.15, -0.1) is 0 Å². The lowest BCUT2D eigenvalue weighted by Gasteiger charge is -2.31. The standard InChI is InChI=1S/C31H33N5OS/c1-22-20-27(23(2)35(22)21-24-8-4-3-5-9-24)30-29(28-10-6-7-15-32-28)33-31(38)36(30)26-13-11-25(12-14-26)34-16-18-37-19-17-34/h3-15,20,29-30H,16-19,21H2,1-2H3,(H,33,38). The highest BCUT2D eigenvalue weighted by Crippen LogP contribution is 2.43. The van der Waals surface area contributed by atoms with Crippen molar-refractivity contribution < 1.29 is 4.74 Å². The van der Waals surface area contributed by atoms with Crippen LogP contribution in [0.3, 0.4) is 0 Å². The van der Waals surface area contributed by atoms with E-state index < -0.39 is 0 Å². The Morgan fingerprint density at radius 2 is 1.63 bits per heavy atom. The van der Waals surface area contributed by atoms with Gasteiger partial charge in [0.25, 0.3) is 0 Å². The first-order valence-corrected chi connectivity index (χ1v) is 13.6. The fraction of sp³-hybridized carbons (Fsp3) is 0.290. The molecule has 7 heteroatoms. The van der Waals surface area contributed by atoms with Crippen molar-refractivity contribution >= 4 is 28.7 Å². The van der Waals surface area contributed by atoms with Crippen LogP contribution in [0.15, 0.2) is 85.1 Å². The lowest BCUT2D eigenvalue weighted by molar-refractivity contribution is 0.122. The maximum Gasteiger partial charge on any atom is 0.174 e. The van der Waals surface area contributed by atoms with E-state index in [9.17, 15) is 0 Å². The summed E-state index contributed by atoms with van der Waals surface area (Å²) in [7, 11) is 0. The molecular weight excluding hydrogens is 490 g/mol. The van der Waals surface area contributed by atoms with E-state index in [1.807, 2.05) is 18.3 Å². The molecule has 6 rings (SSSR count). The lowest BCUT2D eigenvalue weighted by atomic mass is 9.96. The largest absolute Gasteiger partial charge is 0.378 e. The van der Waals surface area contributed by atoms with Gasteiger partial charge >= 0.3 is 0 Å². The SMILES string of the molecule is Cc1cc(C2C(c3ccccn3)NC(=S)N2c2ccc(N3CCOCC3)cc2)c(C)n1Cc1ccccc1. The first kappa shape index (κ1) is 24.6. The maximum atomic E-state index is 5.98. The Kier molecular flexibility index (Phi) is 6.87. The monoisotopic (exact) mass is 523 g/mol. The van der Waals surface area contributed by atoms with Crippen molar-refractivity contribution in [3.63, 3.8) is 0 Å². The number of aromatic nitrogens is 2. The molecule has 2 saturated heterocycles. The highest BCUT2D eigenvalue weighted by Gasteiger charge is 2.42. The van der Waals surface area contributed by atoms with Crippen molar-refractivity contribution in [2.24, 2.45) is 0 Å². The van der Waals surface area contributed by atoms with Gasteiger partial charge in [0, 0.05) is 48.6 Å². The first-order valence-electron chi connectivity index (χ1n) is 13.2. The lowest BCUT2D eigenvalue weighted by Crippen LogP contribution is -2.36. The van der Waals surface area contributed by atoms with Crippen molar-refractivity contribution in [1.82, 2.24) is 14.9 Å². The molecule has 4 aromatic rings. The van der Waals surface area contributed by atoms with Crippen molar-refractivity contribution in [1.29, 1.82) is 0 Å². The zero-order valence-electron chi connectivity index (χ0n) is 21.9. The molecule has 0 amide bonds. The quantitative estimate of drug-likeness (QED) is 0.334. The minimum Gasteiger partial charge on any atom is -0.378 e. The van der Waals surface area contributed by atoms with Crippen LogP contribution in [0.2, 0.25) is 0 Å². The minimum atomic E-state index is -0.0618. The number of nitrogens with zero attached hydrogens (tertiary/aromatic N) is 4. The smallest absolute Gasteiger partial charge is 0.174 e. The van der Waals surface area contributed by atoms with E-state index in [1.165, 1.54) is 28.2 Å². The zero-order valence-corrected chi connectivity index (χ0v) is 22.7. The van der Waals surface area contributed by atoms with Gasteiger partial charge in [-0.2, -0.15) is 0 Å². The summed E-state index contributed by atoms with van der Waals surface area (Å²) in [6, 6.07) is 27.7. The Balaban J connectivity index is 1.39. The number of morpholine rings is 1. The third-order valence-corrected chi connectivity index (χ3v) is 8.03. The van der Waals surface area contributed by atoms with Gasteiger partial charge in [-0.05, 0) is 79.7 Å². The molecule has 6 nitrogen and oxygen atoms in total. The predicted octanol–water partition coefficient (Wildman–Crippen LogP) is 5.56. The van der Waals surface area contributed by atoms with E-state index in [0.29, 0.717) is 0 Å². The molecule has 2 aromatic carbocycles. The summed E-state index contributed by atoms with van der Waals surface area (Å²) in [6.07, 6.45) is 1.86. The van der Waals surface area contributed by atoms with Gasteiger partial charge in [-0.3, -0.25) is 4.98 Å². The van der Waals surface area contributed by atoms with Crippen LogP contribution in [-0.4, -0.2) is 41.0 Å². The summed E-state index contributed by atoms with van der Waals surface area (Å²) in [4.78, 5) is 9.37. The first-order chi connectivity index (χ1) is 18.6. The van der Waals surface area contributed by atoms with Crippen LogP contribution in [-0.2, 0) is 11.3 Å². The van der Waals surface area contributed by atoms with Gasteiger partial charge in [0.15, 0.2) is 5.11 Å². The van der Waals surface area contributed by atoms with Crippen LogP contribution in [0.5, 0.6) is 0 Å². The number of ether oxygens (including phenoxy) is 1. The normalized spacial score (nSPS) is 19.6. The molecule has 2 aromatic heterocycles. The Labute approximate surface area is 229 Å². The Hall–Kier alpha value is -3.68. The minimum absolute atomic E-state index is 0.0256. The number of thiocarbonyl (C=S) groups is 1. The average molecular weight is 524 g/mol. The van der Waals surface area contributed by atoms with Crippen molar-refractivity contribution in [3.05, 3.63) is 113 Å². The molecule has 38 heavy (non-hydrogen) atoms. The topological polar surface area (TPSA) is 45.6 Å². The molecule has 0 spiro atoms. The van der Waals surface area contributed by atoms with Crippen LogP contribution in [0.1, 0.15) is 40.3 Å². The number of rotatable bonds is 6. The van der Waals surface area contributed by atoms with Crippen LogP contribution in [0, 0.1) is 13.8 Å². The second kappa shape index (κ2) is 10.6. The Bertz CT molecular complexity index is 1400. The highest BCUT2D eigenvalue weighted by atomic mass is 32.1. The molecule has 2 fully saturated rings. The van der Waals surface area contributed by atoms with Gasteiger partial charge < -0.3 is 24.4 Å². The highest BCUT2D eigenvalue weighted by molar-refractivity contribution is 7.80. The summed E-state index contributed by atoms with van der Waals surface area (Å²) in [5.74, 6) is 0. The van der Waals surface area contributed by atoms with Crippen molar-refractivity contribution in [2.75, 3.05) is 36.1 Å². The average Bonchev–Trinajstić information content (AvgIpc) is 3.45. The van der Waals surface area contributed by atoms with Gasteiger partial charge in [0.2, 0.25) is 0 Å².